The normalized spacial score (nSPS) is 10.4. The molecular formula is C15H11N5O3. The Kier molecular flexibility index (Phi) is 3.88. The number of aromatic nitrogens is 4. The van der Waals surface area contributed by atoms with E-state index >= 15 is 0 Å². The predicted octanol–water partition coefficient (Wildman–Crippen LogP) is 2.13. The minimum Gasteiger partial charge on any atom is -0.292 e. The molecule has 0 aliphatic carbocycles. The molecule has 23 heavy (non-hydrogen) atoms. The van der Waals surface area contributed by atoms with E-state index in [0.29, 0.717) is 5.82 Å². The SMILES string of the molecule is O=C(Cn1nnc(-c2ccccc2)n1)c1cccc([N+](=O)[O-])c1. The molecule has 0 amide bonds. The van der Waals surface area contributed by atoms with Gasteiger partial charge in [-0.2, -0.15) is 4.80 Å². The number of nitro benzene ring substituents is 1. The topological polar surface area (TPSA) is 104 Å². The number of Topliss-reactive ketones (excluding diaryl/α,β-unsaturated/α-hetero) is 1. The van der Waals surface area contributed by atoms with E-state index in [4.69, 9.17) is 0 Å². The van der Waals surface area contributed by atoms with Gasteiger partial charge in [0, 0.05) is 23.3 Å². The molecule has 0 aliphatic rings. The number of carbonyl (C=O) groups excluding carboxylic acids is 1. The van der Waals surface area contributed by atoms with E-state index in [0.717, 1.165) is 5.56 Å². The van der Waals surface area contributed by atoms with Crippen LogP contribution in [0.5, 0.6) is 0 Å². The standard InChI is InChI=1S/C15H11N5O3/c21-14(12-7-4-8-13(9-12)20(22)23)10-19-17-15(16-18-19)11-5-2-1-3-6-11/h1-9H,10H2. The summed E-state index contributed by atoms with van der Waals surface area (Å²) in [5, 5.41) is 22.6. The van der Waals surface area contributed by atoms with Crippen molar-refractivity contribution in [3.8, 4) is 11.4 Å². The van der Waals surface area contributed by atoms with Crippen LogP contribution in [0.15, 0.2) is 54.6 Å². The van der Waals surface area contributed by atoms with E-state index in [1.54, 1.807) is 0 Å². The molecule has 114 valence electrons. The highest BCUT2D eigenvalue weighted by Gasteiger charge is 2.14. The summed E-state index contributed by atoms with van der Waals surface area (Å²) in [5.41, 5.74) is 0.895. The number of nitro groups is 1. The molecule has 0 N–H and O–H groups in total. The van der Waals surface area contributed by atoms with Crippen molar-refractivity contribution in [1.82, 2.24) is 20.2 Å². The fraction of sp³-hybridized carbons (Fsp3) is 0.0667. The average Bonchev–Trinajstić information content (AvgIpc) is 3.04. The van der Waals surface area contributed by atoms with Crippen LogP contribution in [0.1, 0.15) is 10.4 Å². The number of hydrogen-bond donors (Lipinski definition) is 0. The van der Waals surface area contributed by atoms with Gasteiger partial charge in [-0.3, -0.25) is 14.9 Å². The Morgan fingerprint density at radius 1 is 1.13 bits per heavy atom. The lowest BCUT2D eigenvalue weighted by atomic mass is 10.1. The van der Waals surface area contributed by atoms with Gasteiger partial charge in [-0.1, -0.05) is 42.5 Å². The van der Waals surface area contributed by atoms with Gasteiger partial charge in [-0.05, 0) is 5.21 Å². The number of non-ortho nitro benzene ring substituents is 1. The molecule has 1 heterocycles. The van der Waals surface area contributed by atoms with Crippen molar-refractivity contribution >= 4 is 11.5 Å². The van der Waals surface area contributed by atoms with Crippen molar-refractivity contribution in [2.24, 2.45) is 0 Å². The number of nitrogens with zero attached hydrogens (tertiary/aromatic N) is 5. The van der Waals surface area contributed by atoms with Crippen LogP contribution >= 0.6 is 0 Å². The van der Waals surface area contributed by atoms with Gasteiger partial charge in [-0.15, -0.1) is 10.2 Å². The summed E-state index contributed by atoms with van der Waals surface area (Å²) in [4.78, 5) is 23.6. The van der Waals surface area contributed by atoms with Crippen LogP contribution in [0.3, 0.4) is 0 Å². The van der Waals surface area contributed by atoms with E-state index in [-0.39, 0.29) is 23.6 Å². The molecule has 0 unspecified atom stereocenters. The van der Waals surface area contributed by atoms with Crippen LogP contribution in [0, 0.1) is 10.1 Å². The fourth-order valence-corrected chi connectivity index (χ4v) is 2.03. The third-order valence-corrected chi connectivity index (χ3v) is 3.15. The molecule has 8 nitrogen and oxygen atoms in total. The quantitative estimate of drug-likeness (QED) is 0.406. The first kappa shape index (κ1) is 14.5. The molecule has 3 aromatic rings. The van der Waals surface area contributed by atoms with Gasteiger partial charge in [-0.25, -0.2) is 0 Å². The zero-order valence-electron chi connectivity index (χ0n) is 11.9. The second kappa shape index (κ2) is 6.14. The Labute approximate surface area is 130 Å². The Balaban J connectivity index is 1.77. The van der Waals surface area contributed by atoms with Gasteiger partial charge in [0.15, 0.2) is 5.78 Å². The summed E-state index contributed by atoms with van der Waals surface area (Å²) in [6, 6.07) is 14.8. The second-order valence-corrected chi connectivity index (χ2v) is 4.74. The van der Waals surface area contributed by atoms with Crippen LogP contribution in [-0.4, -0.2) is 30.9 Å². The highest BCUT2D eigenvalue weighted by molar-refractivity contribution is 5.96. The lowest BCUT2D eigenvalue weighted by Crippen LogP contribution is -2.13. The molecule has 1 aromatic heterocycles. The Morgan fingerprint density at radius 3 is 2.65 bits per heavy atom. The van der Waals surface area contributed by atoms with Crippen molar-refractivity contribution in [2.45, 2.75) is 6.54 Å². The largest absolute Gasteiger partial charge is 0.292 e. The fourth-order valence-electron chi connectivity index (χ4n) is 2.03. The summed E-state index contributed by atoms with van der Waals surface area (Å²) in [6.45, 7) is -0.138. The maximum Gasteiger partial charge on any atom is 0.270 e. The van der Waals surface area contributed by atoms with Crippen molar-refractivity contribution in [3.05, 3.63) is 70.3 Å². The summed E-state index contributed by atoms with van der Waals surface area (Å²) in [5.74, 6) is 0.0863. The van der Waals surface area contributed by atoms with Gasteiger partial charge in [0.25, 0.3) is 5.69 Å². The number of tetrazole rings is 1. The Morgan fingerprint density at radius 2 is 1.91 bits per heavy atom. The smallest absolute Gasteiger partial charge is 0.270 e. The predicted molar refractivity (Wildman–Crippen MR) is 80.7 cm³/mol. The van der Waals surface area contributed by atoms with Gasteiger partial charge in [0.2, 0.25) is 5.82 Å². The van der Waals surface area contributed by atoms with Crippen LogP contribution < -0.4 is 0 Å². The molecule has 2 aromatic carbocycles. The third-order valence-electron chi connectivity index (χ3n) is 3.15. The summed E-state index contributed by atoms with van der Waals surface area (Å²) in [7, 11) is 0. The molecule has 0 saturated heterocycles. The van der Waals surface area contributed by atoms with Gasteiger partial charge in [0.05, 0.1) is 4.92 Å². The highest BCUT2D eigenvalue weighted by Crippen LogP contribution is 2.15. The van der Waals surface area contributed by atoms with E-state index in [1.165, 1.54) is 29.1 Å². The van der Waals surface area contributed by atoms with Gasteiger partial charge >= 0.3 is 0 Å². The zero-order chi connectivity index (χ0) is 16.2. The number of rotatable bonds is 5. The van der Waals surface area contributed by atoms with E-state index in [9.17, 15) is 14.9 Å². The molecule has 0 bridgehead atoms. The van der Waals surface area contributed by atoms with E-state index in [1.807, 2.05) is 30.3 Å². The lowest BCUT2D eigenvalue weighted by molar-refractivity contribution is -0.384. The third kappa shape index (κ3) is 3.26. The van der Waals surface area contributed by atoms with Crippen molar-refractivity contribution in [3.63, 3.8) is 0 Å². The highest BCUT2D eigenvalue weighted by atomic mass is 16.6. The molecule has 0 fully saturated rings. The molecule has 3 rings (SSSR count). The monoisotopic (exact) mass is 309 g/mol. The Bertz CT molecular complexity index is 860. The van der Waals surface area contributed by atoms with E-state index in [2.05, 4.69) is 15.4 Å². The lowest BCUT2D eigenvalue weighted by Gasteiger charge is -2.00. The first-order valence-electron chi connectivity index (χ1n) is 6.74. The number of ketones is 1. The first-order valence-corrected chi connectivity index (χ1v) is 6.74. The Hall–Kier alpha value is -3.42. The maximum atomic E-state index is 12.2. The minimum atomic E-state index is -0.544. The zero-order valence-corrected chi connectivity index (χ0v) is 11.9. The van der Waals surface area contributed by atoms with Crippen LogP contribution in [0.2, 0.25) is 0 Å². The molecule has 0 aliphatic heterocycles. The molecule has 0 radical (unpaired) electrons. The van der Waals surface area contributed by atoms with Crippen molar-refractivity contribution < 1.29 is 9.72 Å². The molecular weight excluding hydrogens is 298 g/mol. The van der Waals surface area contributed by atoms with E-state index < -0.39 is 4.92 Å². The molecule has 0 atom stereocenters. The minimum absolute atomic E-state index is 0.132. The number of carbonyl (C=O) groups is 1. The second-order valence-electron chi connectivity index (χ2n) is 4.74. The summed E-state index contributed by atoms with van der Waals surface area (Å²) in [6.07, 6.45) is 0. The maximum absolute atomic E-state index is 12.2. The molecule has 8 heteroatoms. The average molecular weight is 309 g/mol. The van der Waals surface area contributed by atoms with Gasteiger partial charge < -0.3 is 0 Å². The molecule has 0 spiro atoms. The summed E-state index contributed by atoms with van der Waals surface area (Å²) < 4.78 is 0. The van der Waals surface area contributed by atoms with Crippen LogP contribution in [-0.2, 0) is 6.54 Å². The van der Waals surface area contributed by atoms with Crippen LogP contribution in [0.4, 0.5) is 5.69 Å². The summed E-state index contributed by atoms with van der Waals surface area (Å²) >= 11 is 0. The van der Waals surface area contributed by atoms with Crippen LogP contribution in [0.25, 0.3) is 11.4 Å². The molecule has 0 saturated carbocycles. The number of benzene rings is 2. The van der Waals surface area contributed by atoms with Crippen molar-refractivity contribution in [2.75, 3.05) is 0 Å². The van der Waals surface area contributed by atoms with Gasteiger partial charge in [0.1, 0.15) is 6.54 Å². The number of hydrogen-bond acceptors (Lipinski definition) is 6. The first-order chi connectivity index (χ1) is 11.1. The van der Waals surface area contributed by atoms with Crippen molar-refractivity contribution in [1.29, 1.82) is 0 Å².